The second-order valence-electron chi connectivity index (χ2n) is 9.21. The molecule has 0 unspecified atom stereocenters. The fourth-order valence-electron chi connectivity index (χ4n) is 4.87. The van der Waals surface area contributed by atoms with Gasteiger partial charge in [-0.3, -0.25) is 9.59 Å². The van der Waals surface area contributed by atoms with Gasteiger partial charge >= 0.3 is 0 Å². The topological polar surface area (TPSA) is 89.4 Å². The molecule has 182 valence electrons. The Hall–Kier alpha value is -4.27. The number of hydrogen-bond donors (Lipinski definition) is 1. The van der Waals surface area contributed by atoms with Gasteiger partial charge in [0.05, 0.1) is 36.6 Å². The van der Waals surface area contributed by atoms with Crippen molar-refractivity contribution in [1.29, 1.82) is 0 Å². The summed E-state index contributed by atoms with van der Waals surface area (Å²) in [6.07, 6.45) is 5.34. The number of fused-ring (bicyclic) bond motifs is 1. The molecule has 1 aliphatic heterocycles. The Kier molecular flexibility index (Phi) is 5.40. The van der Waals surface area contributed by atoms with E-state index in [9.17, 15) is 14.0 Å². The monoisotopic (exact) mass is 485 g/mol. The van der Waals surface area contributed by atoms with Crippen molar-refractivity contribution in [3.63, 3.8) is 0 Å². The smallest absolute Gasteiger partial charge is 0.229 e. The first-order valence-electron chi connectivity index (χ1n) is 11.9. The van der Waals surface area contributed by atoms with E-state index < -0.39 is 6.04 Å². The van der Waals surface area contributed by atoms with E-state index in [0.29, 0.717) is 11.6 Å². The SMILES string of the molecule is COc1cc([C@@H]2[C@@H](NC(=O)C3CC3)CC(=O)N2c2ccc3c(cnn3-c3ccc(F)cc3)c2)ccn1. The van der Waals surface area contributed by atoms with Crippen molar-refractivity contribution in [2.75, 3.05) is 12.0 Å². The zero-order valence-electron chi connectivity index (χ0n) is 19.6. The summed E-state index contributed by atoms with van der Waals surface area (Å²) in [5.41, 5.74) is 3.10. The third-order valence-corrected chi connectivity index (χ3v) is 6.81. The van der Waals surface area contributed by atoms with E-state index in [1.54, 1.807) is 47.3 Å². The summed E-state index contributed by atoms with van der Waals surface area (Å²) in [5, 5.41) is 8.42. The van der Waals surface area contributed by atoms with Crippen molar-refractivity contribution in [2.24, 2.45) is 5.92 Å². The van der Waals surface area contributed by atoms with E-state index in [1.165, 1.54) is 12.1 Å². The molecule has 4 aromatic rings. The number of amides is 2. The Morgan fingerprint density at radius 2 is 1.86 bits per heavy atom. The van der Waals surface area contributed by atoms with Gasteiger partial charge < -0.3 is 15.0 Å². The molecule has 2 amide bonds. The van der Waals surface area contributed by atoms with Crippen molar-refractivity contribution in [3.05, 3.63) is 78.4 Å². The standard InChI is InChI=1S/C27H24FN5O3/c1-36-24-13-17(10-11-29-24)26-22(31-27(35)16-2-3-16)14-25(34)32(26)21-8-9-23-18(12-21)15-30-33(23)20-6-4-19(28)5-7-20/h4-13,15-16,22,26H,2-3,14H2,1H3,(H,31,35)/t22-,26+/m0/s1. The fourth-order valence-corrected chi connectivity index (χ4v) is 4.87. The fraction of sp³-hybridized carbons (Fsp3) is 0.259. The van der Waals surface area contributed by atoms with Crippen LogP contribution in [-0.2, 0) is 9.59 Å². The van der Waals surface area contributed by atoms with Gasteiger partial charge in [-0.1, -0.05) is 0 Å². The summed E-state index contributed by atoms with van der Waals surface area (Å²) in [6, 6.07) is 14.7. The average molecular weight is 486 g/mol. The maximum atomic E-state index is 13.4. The van der Waals surface area contributed by atoms with Crippen molar-refractivity contribution in [3.8, 4) is 11.6 Å². The Morgan fingerprint density at radius 1 is 1.08 bits per heavy atom. The van der Waals surface area contributed by atoms with Gasteiger partial charge in [0.25, 0.3) is 0 Å². The molecule has 2 aromatic carbocycles. The van der Waals surface area contributed by atoms with Gasteiger partial charge in [-0.2, -0.15) is 5.10 Å². The molecule has 1 N–H and O–H groups in total. The summed E-state index contributed by atoms with van der Waals surface area (Å²) >= 11 is 0. The number of pyridine rings is 1. The molecule has 0 bridgehead atoms. The van der Waals surface area contributed by atoms with E-state index in [1.807, 2.05) is 24.3 Å². The van der Waals surface area contributed by atoms with Crippen LogP contribution in [-0.4, -0.2) is 39.7 Å². The highest BCUT2D eigenvalue weighted by molar-refractivity contribution is 6.00. The van der Waals surface area contributed by atoms with Crippen LogP contribution in [0.15, 0.2) is 67.0 Å². The number of halogens is 1. The number of aromatic nitrogens is 3. The third kappa shape index (κ3) is 3.96. The number of ether oxygens (including phenoxy) is 1. The Morgan fingerprint density at radius 3 is 2.61 bits per heavy atom. The number of anilines is 1. The predicted molar refractivity (Wildman–Crippen MR) is 131 cm³/mol. The summed E-state index contributed by atoms with van der Waals surface area (Å²) < 4.78 is 20.4. The molecule has 9 heteroatoms. The molecule has 0 radical (unpaired) electrons. The van der Waals surface area contributed by atoms with Crippen LogP contribution < -0.4 is 15.0 Å². The minimum Gasteiger partial charge on any atom is -0.481 e. The second kappa shape index (κ2) is 8.75. The summed E-state index contributed by atoms with van der Waals surface area (Å²) in [6.45, 7) is 0. The van der Waals surface area contributed by atoms with Crippen LogP contribution >= 0.6 is 0 Å². The quantitative estimate of drug-likeness (QED) is 0.447. The van der Waals surface area contributed by atoms with Crippen LogP contribution in [0, 0.1) is 11.7 Å². The zero-order valence-corrected chi connectivity index (χ0v) is 19.6. The maximum absolute atomic E-state index is 13.4. The summed E-state index contributed by atoms with van der Waals surface area (Å²) in [4.78, 5) is 31.9. The molecule has 1 saturated heterocycles. The number of hydrogen-bond acceptors (Lipinski definition) is 5. The van der Waals surface area contributed by atoms with Gasteiger partial charge in [0, 0.05) is 35.7 Å². The molecular formula is C27H24FN5O3. The van der Waals surface area contributed by atoms with Gasteiger partial charge in [0.1, 0.15) is 5.82 Å². The Balaban J connectivity index is 1.39. The Bertz CT molecular complexity index is 1460. The number of nitrogens with zero attached hydrogens (tertiary/aromatic N) is 4. The number of carbonyl (C=O) groups is 2. The second-order valence-corrected chi connectivity index (χ2v) is 9.21. The highest BCUT2D eigenvalue weighted by Crippen LogP contribution is 2.40. The van der Waals surface area contributed by atoms with Gasteiger partial charge in [0.15, 0.2) is 0 Å². The van der Waals surface area contributed by atoms with Gasteiger partial charge in [-0.25, -0.2) is 14.1 Å². The third-order valence-electron chi connectivity index (χ3n) is 6.81. The van der Waals surface area contributed by atoms with Crippen LogP contribution in [0.3, 0.4) is 0 Å². The lowest BCUT2D eigenvalue weighted by Gasteiger charge is -2.29. The summed E-state index contributed by atoms with van der Waals surface area (Å²) in [7, 11) is 1.54. The molecule has 6 rings (SSSR count). The van der Waals surface area contributed by atoms with Crippen LogP contribution in [0.25, 0.3) is 16.6 Å². The number of benzene rings is 2. The lowest BCUT2D eigenvalue weighted by molar-refractivity contribution is -0.123. The van der Waals surface area contributed by atoms with E-state index in [2.05, 4.69) is 15.4 Å². The first-order chi connectivity index (χ1) is 17.5. The number of nitrogens with one attached hydrogen (secondary N) is 1. The van der Waals surface area contributed by atoms with Crippen molar-refractivity contribution in [2.45, 2.75) is 31.3 Å². The highest BCUT2D eigenvalue weighted by atomic mass is 19.1. The first kappa shape index (κ1) is 22.2. The van der Waals surface area contributed by atoms with Gasteiger partial charge in [-0.15, -0.1) is 0 Å². The molecule has 1 aliphatic carbocycles. The van der Waals surface area contributed by atoms with Crippen LogP contribution in [0.2, 0.25) is 0 Å². The van der Waals surface area contributed by atoms with Crippen LogP contribution in [0.4, 0.5) is 10.1 Å². The zero-order chi connectivity index (χ0) is 24.8. The van der Waals surface area contributed by atoms with Crippen LogP contribution in [0.1, 0.15) is 30.9 Å². The molecule has 8 nitrogen and oxygen atoms in total. The minimum absolute atomic E-state index is 0.00306. The van der Waals surface area contributed by atoms with E-state index >= 15 is 0 Å². The molecular weight excluding hydrogens is 461 g/mol. The van der Waals surface area contributed by atoms with E-state index in [4.69, 9.17) is 4.74 Å². The molecule has 1 saturated carbocycles. The average Bonchev–Trinajstić information content (AvgIpc) is 3.59. The Labute approximate surface area is 206 Å². The lowest BCUT2D eigenvalue weighted by atomic mass is 10.00. The van der Waals surface area contributed by atoms with Crippen LogP contribution in [0.5, 0.6) is 5.88 Å². The highest BCUT2D eigenvalue weighted by Gasteiger charge is 2.44. The molecule has 2 aliphatic rings. The lowest BCUT2D eigenvalue weighted by Crippen LogP contribution is -2.40. The predicted octanol–water partition coefficient (Wildman–Crippen LogP) is 3.94. The molecule has 2 atom stereocenters. The minimum atomic E-state index is -0.415. The van der Waals surface area contributed by atoms with Crippen molar-refractivity contribution < 1.29 is 18.7 Å². The van der Waals surface area contributed by atoms with Gasteiger partial charge in [0.2, 0.25) is 17.7 Å². The van der Waals surface area contributed by atoms with Gasteiger partial charge in [-0.05, 0) is 66.9 Å². The number of rotatable bonds is 6. The molecule has 36 heavy (non-hydrogen) atoms. The largest absolute Gasteiger partial charge is 0.481 e. The molecule has 2 fully saturated rings. The summed E-state index contributed by atoms with van der Waals surface area (Å²) in [5.74, 6) is 0.0801. The van der Waals surface area contributed by atoms with Crippen molar-refractivity contribution >= 4 is 28.4 Å². The molecule has 3 heterocycles. The van der Waals surface area contributed by atoms with Crippen molar-refractivity contribution in [1.82, 2.24) is 20.1 Å². The number of carbonyl (C=O) groups excluding carboxylic acids is 2. The molecule has 0 spiro atoms. The maximum Gasteiger partial charge on any atom is 0.229 e. The number of methoxy groups -OCH3 is 1. The first-order valence-corrected chi connectivity index (χ1v) is 11.9. The molecule has 2 aromatic heterocycles. The normalized spacial score (nSPS) is 19.6. The van der Waals surface area contributed by atoms with E-state index in [0.717, 1.165) is 35.0 Å². The van der Waals surface area contributed by atoms with E-state index in [-0.39, 0.29) is 36.0 Å².